The van der Waals surface area contributed by atoms with Crippen LogP contribution in [0.5, 0.6) is 0 Å². The second-order valence-electron chi connectivity index (χ2n) is 4.39. The third-order valence-electron chi connectivity index (χ3n) is 3.06. The minimum atomic E-state index is -0.607. The van der Waals surface area contributed by atoms with Crippen LogP contribution in [-0.2, 0) is 9.59 Å². The summed E-state index contributed by atoms with van der Waals surface area (Å²) in [6, 6.07) is 4.77. The maximum absolute atomic E-state index is 12.6. The predicted octanol–water partition coefficient (Wildman–Crippen LogP) is 1.93. The summed E-state index contributed by atoms with van der Waals surface area (Å²) in [5, 5.41) is 2.26. The first-order chi connectivity index (χ1) is 9.43. The Morgan fingerprint density at radius 3 is 2.85 bits per heavy atom. The van der Waals surface area contributed by atoms with Crippen molar-refractivity contribution in [2.45, 2.75) is 19.4 Å². The van der Waals surface area contributed by atoms with E-state index in [1.807, 2.05) is 13.0 Å². The van der Waals surface area contributed by atoms with Crippen LogP contribution in [0.4, 0.5) is 0 Å². The van der Waals surface area contributed by atoms with Crippen LogP contribution < -0.4 is 5.32 Å². The van der Waals surface area contributed by atoms with Gasteiger partial charge < -0.3 is 4.90 Å². The van der Waals surface area contributed by atoms with E-state index in [-0.39, 0.29) is 12.5 Å². The molecule has 0 bridgehead atoms. The first kappa shape index (κ1) is 15.4. The topological polar surface area (TPSA) is 66.5 Å². The summed E-state index contributed by atoms with van der Waals surface area (Å²) in [5.74, 6) is -1.18. The molecule has 0 aliphatic carbocycles. The Balaban J connectivity index is 2.37. The summed E-state index contributed by atoms with van der Waals surface area (Å²) in [6.45, 7) is 1.71. The Bertz CT molecular complexity index is 591. The number of imide groups is 1. The average molecular weight is 451 g/mol. The zero-order valence-corrected chi connectivity index (χ0v) is 14.4. The molecule has 0 aromatic heterocycles. The molecule has 3 amide bonds. The number of piperazine rings is 1. The maximum Gasteiger partial charge on any atom is 0.256 e. The van der Waals surface area contributed by atoms with Gasteiger partial charge in [-0.25, -0.2) is 0 Å². The van der Waals surface area contributed by atoms with Crippen molar-refractivity contribution in [1.29, 1.82) is 0 Å². The third-order valence-corrected chi connectivity index (χ3v) is 4.42. The maximum atomic E-state index is 12.6. The minimum absolute atomic E-state index is 0.0962. The van der Waals surface area contributed by atoms with Gasteiger partial charge in [0.05, 0.1) is 5.56 Å². The van der Waals surface area contributed by atoms with Crippen LogP contribution in [-0.4, -0.2) is 35.2 Å². The van der Waals surface area contributed by atoms with E-state index in [1.54, 1.807) is 12.1 Å². The molecule has 2 rings (SSSR count). The number of benzene rings is 1. The summed E-state index contributed by atoms with van der Waals surface area (Å²) >= 11 is 5.44. The second-order valence-corrected chi connectivity index (χ2v) is 6.49. The standard InChI is InChI=1S/C13H12BrIN2O3/c1-2-10-12(19)16-11(18)6-17(10)13(20)8-5-7(15)3-4-9(8)14/h3-5,10H,2,6H2,1H3,(H,16,18,19). The number of rotatable bonds is 2. The van der Waals surface area contributed by atoms with Gasteiger partial charge in [-0.15, -0.1) is 0 Å². The Hall–Kier alpha value is -0.960. The van der Waals surface area contributed by atoms with E-state index in [9.17, 15) is 14.4 Å². The highest BCUT2D eigenvalue weighted by Gasteiger charge is 2.36. The first-order valence-corrected chi connectivity index (χ1v) is 7.91. The number of hydrogen-bond donors (Lipinski definition) is 1. The number of amides is 3. The highest BCUT2D eigenvalue weighted by Crippen LogP contribution is 2.23. The van der Waals surface area contributed by atoms with Crippen molar-refractivity contribution in [1.82, 2.24) is 10.2 Å². The third kappa shape index (κ3) is 3.03. The van der Waals surface area contributed by atoms with Gasteiger partial charge >= 0.3 is 0 Å². The lowest BCUT2D eigenvalue weighted by molar-refractivity contribution is -0.138. The van der Waals surface area contributed by atoms with Gasteiger partial charge in [-0.3, -0.25) is 19.7 Å². The fourth-order valence-corrected chi connectivity index (χ4v) is 3.01. The molecule has 1 unspecified atom stereocenters. The zero-order valence-electron chi connectivity index (χ0n) is 10.7. The minimum Gasteiger partial charge on any atom is -0.317 e. The normalized spacial score (nSPS) is 18.9. The van der Waals surface area contributed by atoms with Gasteiger partial charge in [0.15, 0.2) is 0 Å². The highest BCUT2D eigenvalue weighted by molar-refractivity contribution is 14.1. The second kappa shape index (κ2) is 6.21. The van der Waals surface area contributed by atoms with E-state index in [4.69, 9.17) is 0 Å². The van der Waals surface area contributed by atoms with Crippen molar-refractivity contribution in [3.8, 4) is 0 Å². The molecule has 1 heterocycles. The monoisotopic (exact) mass is 450 g/mol. The first-order valence-electron chi connectivity index (χ1n) is 6.03. The van der Waals surface area contributed by atoms with Crippen LogP contribution in [0.3, 0.4) is 0 Å². The summed E-state index contributed by atoms with van der Waals surface area (Å²) < 4.78 is 1.56. The molecule has 0 spiro atoms. The number of nitrogens with zero attached hydrogens (tertiary/aromatic N) is 1. The van der Waals surface area contributed by atoms with Crippen molar-refractivity contribution in [3.63, 3.8) is 0 Å². The fourth-order valence-electron chi connectivity index (χ4n) is 2.10. The van der Waals surface area contributed by atoms with Gasteiger partial charge in [0.1, 0.15) is 12.6 Å². The van der Waals surface area contributed by atoms with Crippen LogP contribution in [0.15, 0.2) is 22.7 Å². The lowest BCUT2D eigenvalue weighted by Crippen LogP contribution is -2.59. The number of hydrogen-bond acceptors (Lipinski definition) is 3. The van der Waals surface area contributed by atoms with Crippen molar-refractivity contribution < 1.29 is 14.4 Å². The van der Waals surface area contributed by atoms with E-state index >= 15 is 0 Å². The fraction of sp³-hybridized carbons (Fsp3) is 0.308. The summed E-state index contributed by atoms with van der Waals surface area (Å²) in [4.78, 5) is 37.2. The molecule has 0 saturated carbocycles. The van der Waals surface area contributed by atoms with E-state index in [1.165, 1.54) is 4.90 Å². The molecule has 1 N–H and O–H groups in total. The lowest BCUT2D eigenvalue weighted by Gasteiger charge is -2.33. The molecule has 1 saturated heterocycles. The van der Waals surface area contributed by atoms with Crippen LogP contribution in [0, 0.1) is 3.57 Å². The Morgan fingerprint density at radius 2 is 2.20 bits per heavy atom. The molecule has 1 aliphatic rings. The largest absolute Gasteiger partial charge is 0.317 e. The van der Waals surface area contributed by atoms with Crippen LogP contribution in [0.2, 0.25) is 0 Å². The van der Waals surface area contributed by atoms with Gasteiger partial charge in [-0.2, -0.15) is 0 Å². The molecule has 106 valence electrons. The van der Waals surface area contributed by atoms with Crippen LogP contribution >= 0.6 is 38.5 Å². The van der Waals surface area contributed by atoms with Crippen LogP contribution in [0.25, 0.3) is 0 Å². The van der Waals surface area contributed by atoms with Crippen molar-refractivity contribution in [2.24, 2.45) is 0 Å². The number of carbonyl (C=O) groups excluding carboxylic acids is 3. The molecule has 7 heteroatoms. The van der Waals surface area contributed by atoms with Crippen molar-refractivity contribution in [2.75, 3.05) is 6.54 Å². The molecular weight excluding hydrogens is 439 g/mol. The molecule has 1 atom stereocenters. The predicted molar refractivity (Wildman–Crippen MR) is 85.1 cm³/mol. The SMILES string of the molecule is CCC1C(=O)NC(=O)CN1C(=O)c1cc(I)ccc1Br. The molecule has 20 heavy (non-hydrogen) atoms. The van der Waals surface area contributed by atoms with Gasteiger partial charge in [0.2, 0.25) is 11.8 Å². The summed E-state index contributed by atoms with van der Waals surface area (Å²) in [6.07, 6.45) is 0.465. The van der Waals surface area contributed by atoms with E-state index in [0.717, 1.165) is 3.57 Å². The zero-order chi connectivity index (χ0) is 14.9. The van der Waals surface area contributed by atoms with Crippen molar-refractivity contribution >= 4 is 56.2 Å². The van der Waals surface area contributed by atoms with Crippen molar-refractivity contribution in [3.05, 3.63) is 31.8 Å². The highest BCUT2D eigenvalue weighted by atomic mass is 127. The average Bonchev–Trinajstić information content (AvgIpc) is 2.40. The quantitative estimate of drug-likeness (QED) is 0.553. The smallest absolute Gasteiger partial charge is 0.256 e. The molecule has 0 radical (unpaired) electrons. The summed E-state index contributed by atoms with van der Waals surface area (Å²) in [7, 11) is 0. The summed E-state index contributed by atoms with van der Waals surface area (Å²) in [5.41, 5.74) is 0.456. The van der Waals surface area contributed by atoms with Gasteiger partial charge in [0.25, 0.3) is 5.91 Å². The van der Waals surface area contributed by atoms with Crippen LogP contribution in [0.1, 0.15) is 23.7 Å². The van der Waals surface area contributed by atoms with Gasteiger partial charge in [-0.1, -0.05) is 6.92 Å². The Kier molecular flexibility index (Phi) is 4.79. The number of carbonyl (C=O) groups is 3. The molecule has 5 nitrogen and oxygen atoms in total. The van der Waals surface area contributed by atoms with E-state index < -0.39 is 17.9 Å². The molecule has 1 aromatic carbocycles. The number of halogens is 2. The molecule has 1 aliphatic heterocycles. The molecule has 1 aromatic rings. The molecule has 1 fully saturated rings. The van der Waals surface area contributed by atoms with Gasteiger partial charge in [0, 0.05) is 8.04 Å². The van der Waals surface area contributed by atoms with Gasteiger partial charge in [-0.05, 0) is 63.1 Å². The van der Waals surface area contributed by atoms with E-state index in [0.29, 0.717) is 16.5 Å². The van der Waals surface area contributed by atoms with E-state index in [2.05, 4.69) is 43.8 Å². The Morgan fingerprint density at radius 1 is 1.50 bits per heavy atom. The lowest BCUT2D eigenvalue weighted by atomic mass is 10.1. The number of nitrogens with one attached hydrogen (secondary N) is 1. The Labute approximate surface area is 138 Å². The molecular formula is C13H12BrIN2O3.